The highest BCUT2D eigenvalue weighted by Crippen LogP contribution is 2.32. The summed E-state index contributed by atoms with van der Waals surface area (Å²) in [5.74, 6) is 0. The van der Waals surface area contributed by atoms with E-state index in [1.807, 2.05) is 6.07 Å². The van der Waals surface area contributed by atoms with Crippen LogP contribution in [-0.4, -0.2) is 4.92 Å². The average molecular weight is 376 g/mol. The second-order valence-corrected chi connectivity index (χ2v) is 5.56. The summed E-state index contributed by atoms with van der Waals surface area (Å²) >= 11 is 15.4. The number of nitrogens with one attached hydrogen (secondary N) is 1. The lowest BCUT2D eigenvalue weighted by Gasteiger charge is -2.11. The monoisotopic (exact) mass is 374 g/mol. The van der Waals surface area contributed by atoms with Gasteiger partial charge in [-0.3, -0.25) is 10.1 Å². The number of nitro benzene ring substituents is 1. The quantitative estimate of drug-likeness (QED) is 0.584. The second-order valence-electron chi connectivity index (χ2n) is 3.95. The highest BCUT2D eigenvalue weighted by Gasteiger charge is 2.16. The molecule has 2 aromatic rings. The molecule has 104 valence electrons. The molecule has 0 radical (unpaired) electrons. The van der Waals surface area contributed by atoms with Crippen LogP contribution in [0.25, 0.3) is 0 Å². The number of hydrogen-bond donors (Lipinski definition) is 1. The van der Waals surface area contributed by atoms with Crippen molar-refractivity contribution in [3.63, 3.8) is 0 Å². The number of nitro groups is 1. The van der Waals surface area contributed by atoms with Crippen molar-refractivity contribution in [2.24, 2.45) is 0 Å². The molecule has 0 heterocycles. The molecule has 1 N–H and O–H groups in total. The van der Waals surface area contributed by atoms with E-state index in [-0.39, 0.29) is 12.2 Å². The highest BCUT2D eigenvalue weighted by atomic mass is 79.9. The fourth-order valence-electron chi connectivity index (χ4n) is 1.72. The van der Waals surface area contributed by atoms with Crippen LogP contribution < -0.4 is 5.32 Å². The molecule has 0 aliphatic carbocycles. The SMILES string of the molecule is O=[N+]([O-])c1cccc(Cl)c1CNc1cccc(Cl)c1Br. The second kappa shape index (κ2) is 6.43. The molecular weight excluding hydrogens is 367 g/mol. The van der Waals surface area contributed by atoms with Crippen LogP contribution in [0.15, 0.2) is 40.9 Å². The summed E-state index contributed by atoms with van der Waals surface area (Å²) in [6.45, 7) is 0.231. The minimum Gasteiger partial charge on any atom is -0.380 e. The highest BCUT2D eigenvalue weighted by molar-refractivity contribution is 9.10. The van der Waals surface area contributed by atoms with Gasteiger partial charge < -0.3 is 5.32 Å². The van der Waals surface area contributed by atoms with E-state index in [2.05, 4.69) is 21.2 Å². The van der Waals surface area contributed by atoms with E-state index in [4.69, 9.17) is 23.2 Å². The predicted molar refractivity (Wildman–Crippen MR) is 84.6 cm³/mol. The molecule has 0 spiro atoms. The summed E-state index contributed by atoms with van der Waals surface area (Å²) in [6.07, 6.45) is 0. The maximum absolute atomic E-state index is 11.0. The van der Waals surface area contributed by atoms with E-state index in [1.54, 1.807) is 24.3 Å². The van der Waals surface area contributed by atoms with Gasteiger partial charge in [0.1, 0.15) is 0 Å². The van der Waals surface area contributed by atoms with Gasteiger partial charge in [-0.25, -0.2) is 0 Å². The number of rotatable bonds is 4. The Morgan fingerprint density at radius 1 is 1.15 bits per heavy atom. The van der Waals surface area contributed by atoms with E-state index in [0.717, 1.165) is 5.69 Å². The lowest BCUT2D eigenvalue weighted by atomic mass is 10.1. The molecule has 0 saturated carbocycles. The molecule has 0 bridgehead atoms. The van der Waals surface area contributed by atoms with Crippen molar-refractivity contribution in [2.75, 3.05) is 5.32 Å². The van der Waals surface area contributed by atoms with Gasteiger partial charge in [0, 0.05) is 12.6 Å². The Bertz CT molecular complexity index is 665. The van der Waals surface area contributed by atoms with Gasteiger partial charge in [-0.15, -0.1) is 0 Å². The summed E-state index contributed by atoms with van der Waals surface area (Å²) in [6, 6.07) is 9.96. The van der Waals surface area contributed by atoms with E-state index in [0.29, 0.717) is 20.1 Å². The molecule has 2 rings (SSSR count). The minimum absolute atomic E-state index is 0.0110. The number of halogens is 3. The molecule has 4 nitrogen and oxygen atoms in total. The lowest BCUT2D eigenvalue weighted by molar-refractivity contribution is -0.385. The van der Waals surface area contributed by atoms with E-state index in [1.165, 1.54) is 6.07 Å². The van der Waals surface area contributed by atoms with Crippen LogP contribution in [0, 0.1) is 10.1 Å². The third kappa shape index (κ3) is 3.23. The zero-order chi connectivity index (χ0) is 14.7. The average Bonchev–Trinajstić information content (AvgIpc) is 2.41. The molecule has 0 atom stereocenters. The van der Waals surface area contributed by atoms with Crippen LogP contribution in [0.3, 0.4) is 0 Å². The molecule has 0 saturated heterocycles. The normalized spacial score (nSPS) is 10.3. The van der Waals surface area contributed by atoms with Crippen LogP contribution >= 0.6 is 39.1 Å². The molecule has 2 aromatic carbocycles. The Hall–Kier alpha value is -1.30. The Morgan fingerprint density at radius 2 is 1.80 bits per heavy atom. The van der Waals surface area contributed by atoms with Gasteiger partial charge in [-0.2, -0.15) is 0 Å². The van der Waals surface area contributed by atoms with Crippen molar-refractivity contribution < 1.29 is 4.92 Å². The Morgan fingerprint density at radius 3 is 2.50 bits per heavy atom. The molecule has 0 aliphatic rings. The van der Waals surface area contributed by atoms with E-state index < -0.39 is 4.92 Å². The van der Waals surface area contributed by atoms with Gasteiger partial charge in [0.2, 0.25) is 0 Å². The fraction of sp³-hybridized carbons (Fsp3) is 0.0769. The maximum Gasteiger partial charge on any atom is 0.275 e. The van der Waals surface area contributed by atoms with Crippen LogP contribution in [0.4, 0.5) is 11.4 Å². The molecular formula is C13H9BrCl2N2O2. The smallest absolute Gasteiger partial charge is 0.275 e. The number of nitrogens with zero attached hydrogens (tertiary/aromatic N) is 1. The van der Waals surface area contributed by atoms with Crippen molar-refractivity contribution in [1.29, 1.82) is 0 Å². The van der Waals surface area contributed by atoms with Crippen LogP contribution in [0.5, 0.6) is 0 Å². The van der Waals surface area contributed by atoms with Gasteiger partial charge >= 0.3 is 0 Å². The van der Waals surface area contributed by atoms with Gasteiger partial charge in [0.15, 0.2) is 0 Å². The van der Waals surface area contributed by atoms with E-state index >= 15 is 0 Å². The van der Waals surface area contributed by atoms with Crippen molar-refractivity contribution in [3.05, 3.63) is 66.6 Å². The Kier molecular flexibility index (Phi) is 4.86. The summed E-state index contributed by atoms with van der Waals surface area (Å²) < 4.78 is 0.705. The van der Waals surface area contributed by atoms with Crippen molar-refractivity contribution in [3.8, 4) is 0 Å². The zero-order valence-electron chi connectivity index (χ0n) is 10.1. The summed E-state index contributed by atoms with van der Waals surface area (Å²) in [5, 5.41) is 15.0. The Labute approximate surface area is 134 Å². The van der Waals surface area contributed by atoms with E-state index in [9.17, 15) is 10.1 Å². The largest absolute Gasteiger partial charge is 0.380 e. The van der Waals surface area contributed by atoms with Crippen molar-refractivity contribution in [2.45, 2.75) is 6.54 Å². The first kappa shape index (κ1) is 15.1. The molecule has 0 amide bonds. The number of anilines is 1. The van der Waals surface area contributed by atoms with Gasteiger partial charge in [-0.05, 0) is 34.1 Å². The van der Waals surface area contributed by atoms with Crippen LogP contribution in [0.2, 0.25) is 10.0 Å². The van der Waals surface area contributed by atoms with Gasteiger partial charge in [0.05, 0.1) is 30.7 Å². The lowest BCUT2D eigenvalue weighted by Crippen LogP contribution is -2.04. The molecule has 0 aromatic heterocycles. The minimum atomic E-state index is -0.449. The number of hydrogen-bond acceptors (Lipinski definition) is 3. The molecule has 7 heteroatoms. The van der Waals surface area contributed by atoms with Crippen molar-refractivity contribution >= 4 is 50.5 Å². The fourth-order valence-corrected chi connectivity index (χ4v) is 2.53. The molecule has 0 unspecified atom stereocenters. The van der Waals surface area contributed by atoms with Crippen molar-refractivity contribution in [1.82, 2.24) is 0 Å². The predicted octanol–water partition coefficient (Wildman–Crippen LogP) is 5.28. The number of benzene rings is 2. The zero-order valence-corrected chi connectivity index (χ0v) is 13.2. The van der Waals surface area contributed by atoms with Crippen LogP contribution in [-0.2, 0) is 6.54 Å². The van der Waals surface area contributed by atoms with Gasteiger partial charge in [0.25, 0.3) is 5.69 Å². The molecule has 0 aliphatic heterocycles. The first-order valence-electron chi connectivity index (χ1n) is 5.60. The topological polar surface area (TPSA) is 55.2 Å². The Balaban J connectivity index is 2.27. The third-order valence-electron chi connectivity index (χ3n) is 2.70. The third-order valence-corrected chi connectivity index (χ3v) is 4.45. The summed E-state index contributed by atoms with van der Waals surface area (Å²) in [7, 11) is 0. The molecule has 20 heavy (non-hydrogen) atoms. The van der Waals surface area contributed by atoms with Gasteiger partial charge in [-0.1, -0.05) is 35.3 Å². The first-order valence-corrected chi connectivity index (χ1v) is 7.15. The summed E-state index contributed by atoms with van der Waals surface area (Å²) in [5.41, 5.74) is 1.17. The molecule has 0 fully saturated rings. The standard InChI is InChI=1S/C13H9BrCl2N2O2/c14-13-10(16)4-1-5-11(13)17-7-8-9(15)3-2-6-12(8)18(19)20/h1-6,17H,7H2. The first-order chi connectivity index (χ1) is 9.50. The maximum atomic E-state index is 11.0. The summed E-state index contributed by atoms with van der Waals surface area (Å²) in [4.78, 5) is 10.5. The van der Waals surface area contributed by atoms with Crippen LogP contribution in [0.1, 0.15) is 5.56 Å².